The van der Waals surface area contributed by atoms with Crippen LogP contribution in [0.5, 0.6) is 0 Å². The fraction of sp³-hybridized carbons (Fsp3) is 0.419. The number of carbonyl (C=O) groups is 2. The van der Waals surface area contributed by atoms with Gasteiger partial charge in [0.1, 0.15) is 0 Å². The zero-order chi connectivity index (χ0) is 25.7. The van der Waals surface area contributed by atoms with Gasteiger partial charge in [-0.25, -0.2) is 0 Å². The molecule has 0 aliphatic carbocycles. The van der Waals surface area contributed by atoms with Gasteiger partial charge in [0.05, 0.1) is 12.6 Å². The van der Waals surface area contributed by atoms with E-state index in [1.807, 2.05) is 35.2 Å². The number of benzene rings is 2. The molecule has 0 bridgehead atoms. The number of aryl methyl sites for hydroxylation is 1. The van der Waals surface area contributed by atoms with Crippen molar-refractivity contribution >= 4 is 11.8 Å². The second-order valence-corrected chi connectivity index (χ2v) is 10.8. The van der Waals surface area contributed by atoms with Gasteiger partial charge in [-0.15, -0.1) is 0 Å². The predicted octanol–water partition coefficient (Wildman–Crippen LogP) is 5.59. The van der Waals surface area contributed by atoms with E-state index < -0.39 is 0 Å². The molecule has 1 aliphatic rings. The fourth-order valence-electron chi connectivity index (χ4n) is 5.04. The molecule has 0 saturated carbocycles. The maximum atomic E-state index is 13.7. The van der Waals surface area contributed by atoms with Gasteiger partial charge in [-0.2, -0.15) is 0 Å². The van der Waals surface area contributed by atoms with Crippen LogP contribution in [-0.2, 0) is 28.0 Å². The predicted molar refractivity (Wildman–Crippen MR) is 145 cm³/mol. The summed E-state index contributed by atoms with van der Waals surface area (Å²) in [6, 6.07) is 22.7. The number of aromatic nitrogens is 1. The summed E-state index contributed by atoms with van der Waals surface area (Å²) in [5.74, 6) is 0.0503. The molecule has 1 aromatic heterocycles. The first-order valence-corrected chi connectivity index (χ1v) is 13.1. The third-order valence-electron chi connectivity index (χ3n) is 7.09. The van der Waals surface area contributed by atoms with Crippen LogP contribution in [0.1, 0.15) is 69.0 Å². The molecule has 4 rings (SSSR count). The summed E-state index contributed by atoms with van der Waals surface area (Å²) >= 11 is 0. The lowest BCUT2D eigenvalue weighted by atomic mass is 9.86. The fourth-order valence-corrected chi connectivity index (χ4v) is 5.04. The molecule has 2 aromatic carbocycles. The van der Waals surface area contributed by atoms with Crippen LogP contribution in [-0.4, -0.2) is 45.8 Å². The van der Waals surface area contributed by atoms with Crippen molar-refractivity contribution in [2.75, 3.05) is 19.6 Å². The average Bonchev–Trinajstić information content (AvgIpc) is 3.35. The van der Waals surface area contributed by atoms with Crippen LogP contribution < -0.4 is 0 Å². The molecule has 0 radical (unpaired) electrons. The summed E-state index contributed by atoms with van der Waals surface area (Å²) in [5, 5.41) is 0. The highest BCUT2D eigenvalue weighted by Gasteiger charge is 2.33. The Hall–Kier alpha value is -3.34. The van der Waals surface area contributed by atoms with Crippen LogP contribution in [0.2, 0.25) is 0 Å². The van der Waals surface area contributed by atoms with E-state index in [1.165, 1.54) is 5.56 Å². The number of nitrogens with zero attached hydrogens (tertiary/aromatic N) is 3. The van der Waals surface area contributed by atoms with Crippen molar-refractivity contribution < 1.29 is 9.59 Å². The van der Waals surface area contributed by atoms with Crippen LogP contribution in [0, 0.1) is 0 Å². The zero-order valence-corrected chi connectivity index (χ0v) is 22.1. The highest BCUT2D eigenvalue weighted by Crippen LogP contribution is 2.34. The molecule has 0 N–H and O–H groups in total. The van der Waals surface area contributed by atoms with Crippen molar-refractivity contribution in [3.63, 3.8) is 0 Å². The van der Waals surface area contributed by atoms with Crippen LogP contribution >= 0.6 is 0 Å². The molecule has 1 atom stereocenters. The molecule has 2 heterocycles. The minimum absolute atomic E-state index is 0.00820. The molecule has 3 aromatic rings. The van der Waals surface area contributed by atoms with Gasteiger partial charge in [0.25, 0.3) is 0 Å². The lowest BCUT2D eigenvalue weighted by Crippen LogP contribution is -2.48. The van der Waals surface area contributed by atoms with Crippen molar-refractivity contribution in [3.8, 4) is 0 Å². The Morgan fingerprint density at radius 2 is 1.67 bits per heavy atom. The second-order valence-electron chi connectivity index (χ2n) is 10.8. The molecule has 0 unspecified atom stereocenters. The van der Waals surface area contributed by atoms with E-state index >= 15 is 0 Å². The molecule has 190 valence electrons. The van der Waals surface area contributed by atoms with E-state index in [-0.39, 0.29) is 29.8 Å². The van der Waals surface area contributed by atoms with Gasteiger partial charge in [0.15, 0.2) is 0 Å². The molecular weight excluding hydrogens is 446 g/mol. The van der Waals surface area contributed by atoms with E-state index in [1.54, 1.807) is 4.90 Å². The van der Waals surface area contributed by atoms with Crippen molar-refractivity contribution in [1.82, 2.24) is 14.4 Å². The minimum atomic E-state index is -0.154. The van der Waals surface area contributed by atoms with Crippen LogP contribution in [0.3, 0.4) is 0 Å². The lowest BCUT2D eigenvalue weighted by molar-refractivity contribution is -0.142. The van der Waals surface area contributed by atoms with Crippen LogP contribution in [0.15, 0.2) is 72.9 Å². The molecule has 0 spiro atoms. The highest BCUT2D eigenvalue weighted by molar-refractivity contribution is 5.85. The maximum absolute atomic E-state index is 13.7. The average molecular weight is 486 g/mol. The van der Waals surface area contributed by atoms with Gasteiger partial charge in [-0.3, -0.25) is 9.59 Å². The van der Waals surface area contributed by atoms with E-state index in [9.17, 15) is 9.59 Å². The highest BCUT2D eigenvalue weighted by atomic mass is 16.2. The second kappa shape index (κ2) is 11.2. The smallest absolute Gasteiger partial charge is 0.243 e. The molecule has 5 nitrogen and oxygen atoms in total. The number of hydrogen-bond donors (Lipinski definition) is 0. The van der Waals surface area contributed by atoms with E-state index in [0.717, 1.165) is 29.8 Å². The SMILES string of the molecule is CCCN(CC(=O)N1CCn2cccc2[C@@H]1c1ccc(C(C)(C)C)cc1)C(=O)CCc1ccccc1. The number of hydrogen-bond acceptors (Lipinski definition) is 2. The van der Waals surface area contributed by atoms with Crippen molar-refractivity contribution in [2.24, 2.45) is 0 Å². The Labute approximate surface area is 215 Å². The van der Waals surface area contributed by atoms with Gasteiger partial charge in [0.2, 0.25) is 11.8 Å². The molecule has 1 aliphatic heterocycles. The van der Waals surface area contributed by atoms with E-state index in [0.29, 0.717) is 25.9 Å². The van der Waals surface area contributed by atoms with Gasteiger partial charge in [0, 0.05) is 37.9 Å². The van der Waals surface area contributed by atoms with Crippen LogP contribution in [0.25, 0.3) is 0 Å². The van der Waals surface area contributed by atoms with Crippen molar-refractivity contribution in [3.05, 3.63) is 95.3 Å². The minimum Gasteiger partial charge on any atom is -0.348 e. The molecule has 0 fully saturated rings. The number of amides is 2. The Morgan fingerprint density at radius 1 is 0.944 bits per heavy atom. The summed E-state index contributed by atoms with van der Waals surface area (Å²) in [7, 11) is 0. The van der Waals surface area contributed by atoms with E-state index in [4.69, 9.17) is 0 Å². The van der Waals surface area contributed by atoms with Gasteiger partial charge in [-0.1, -0.05) is 82.3 Å². The van der Waals surface area contributed by atoms with Crippen molar-refractivity contribution in [2.45, 2.75) is 65.0 Å². The largest absolute Gasteiger partial charge is 0.348 e. The molecule has 5 heteroatoms. The standard InChI is InChI=1S/C31H39N3O2/c1-5-19-33(28(35)18-13-24-10-7-6-8-11-24)23-29(36)34-22-21-32-20-9-12-27(32)30(34)25-14-16-26(17-15-25)31(2,3)4/h6-12,14-17,20,30H,5,13,18-19,21-23H2,1-4H3/t30-/m0/s1. The third kappa shape index (κ3) is 5.89. The van der Waals surface area contributed by atoms with Gasteiger partial charge in [-0.05, 0) is 47.1 Å². The summed E-state index contributed by atoms with van der Waals surface area (Å²) in [5.41, 5.74) is 4.71. The molecule has 0 saturated heterocycles. The summed E-state index contributed by atoms with van der Waals surface area (Å²) < 4.78 is 2.24. The van der Waals surface area contributed by atoms with Gasteiger partial charge >= 0.3 is 0 Å². The Bertz CT molecular complexity index is 1160. The first kappa shape index (κ1) is 25.7. The number of fused-ring (bicyclic) bond motifs is 1. The summed E-state index contributed by atoms with van der Waals surface area (Å²) in [6.07, 6.45) is 4.01. The third-order valence-corrected chi connectivity index (χ3v) is 7.09. The topological polar surface area (TPSA) is 45.6 Å². The molecular formula is C31H39N3O2. The first-order chi connectivity index (χ1) is 17.3. The zero-order valence-electron chi connectivity index (χ0n) is 22.1. The molecule has 2 amide bonds. The first-order valence-electron chi connectivity index (χ1n) is 13.1. The lowest BCUT2D eigenvalue weighted by Gasteiger charge is -2.38. The maximum Gasteiger partial charge on any atom is 0.243 e. The quantitative estimate of drug-likeness (QED) is 0.418. The summed E-state index contributed by atoms with van der Waals surface area (Å²) in [6.45, 7) is 10.8. The number of carbonyl (C=O) groups excluding carboxylic acids is 2. The van der Waals surface area contributed by atoms with Gasteiger partial charge < -0.3 is 14.4 Å². The Balaban J connectivity index is 1.53. The molecule has 36 heavy (non-hydrogen) atoms. The van der Waals surface area contributed by atoms with E-state index in [2.05, 4.69) is 74.9 Å². The normalized spacial score (nSPS) is 15.4. The summed E-state index contributed by atoms with van der Waals surface area (Å²) in [4.78, 5) is 30.6. The monoisotopic (exact) mass is 485 g/mol. The number of rotatable bonds is 8. The Kier molecular flexibility index (Phi) is 7.97. The van der Waals surface area contributed by atoms with Crippen LogP contribution in [0.4, 0.5) is 0 Å². The Morgan fingerprint density at radius 3 is 2.33 bits per heavy atom. The van der Waals surface area contributed by atoms with Crippen molar-refractivity contribution in [1.29, 1.82) is 0 Å².